The van der Waals surface area contributed by atoms with Gasteiger partial charge >= 0.3 is 6.18 Å². The molecule has 0 bridgehead atoms. The molecule has 0 unspecified atom stereocenters. The molecule has 1 aromatic heterocycles. The lowest BCUT2D eigenvalue weighted by Crippen LogP contribution is -2.06. The van der Waals surface area contributed by atoms with Crippen LogP contribution in [0, 0.1) is 12.7 Å². The van der Waals surface area contributed by atoms with E-state index in [1.807, 2.05) is 0 Å². The lowest BCUT2D eigenvalue weighted by molar-refractivity contribution is -0.137. The van der Waals surface area contributed by atoms with Gasteiger partial charge in [-0.15, -0.1) is 0 Å². The van der Waals surface area contributed by atoms with E-state index in [0.29, 0.717) is 11.6 Å². The lowest BCUT2D eigenvalue weighted by atomic mass is 10.1. The van der Waals surface area contributed by atoms with Crippen molar-refractivity contribution in [2.24, 2.45) is 0 Å². The van der Waals surface area contributed by atoms with Crippen LogP contribution in [0.1, 0.15) is 11.1 Å². The van der Waals surface area contributed by atoms with E-state index >= 15 is 0 Å². The SMILES string of the molecule is Cc1c(Cl)nc(-c2cc(F)cc(C(F)(F)F)c2)nc1Cl. The van der Waals surface area contributed by atoms with E-state index < -0.39 is 17.6 Å². The number of hydrogen-bond acceptors (Lipinski definition) is 2. The lowest BCUT2D eigenvalue weighted by Gasteiger charge is -2.10. The van der Waals surface area contributed by atoms with Crippen LogP contribution in [0.2, 0.25) is 10.3 Å². The molecule has 0 aliphatic carbocycles. The van der Waals surface area contributed by atoms with Crippen molar-refractivity contribution in [1.29, 1.82) is 0 Å². The Bertz CT molecular complexity index is 648. The molecule has 1 heterocycles. The van der Waals surface area contributed by atoms with Crippen molar-refractivity contribution in [2.75, 3.05) is 0 Å². The summed E-state index contributed by atoms with van der Waals surface area (Å²) in [6, 6.07) is 2.01. The van der Waals surface area contributed by atoms with Gasteiger partial charge < -0.3 is 0 Å². The minimum atomic E-state index is -4.67. The average Bonchev–Trinajstić information content (AvgIpc) is 2.33. The van der Waals surface area contributed by atoms with Crippen molar-refractivity contribution >= 4 is 23.2 Å². The second kappa shape index (κ2) is 5.18. The summed E-state index contributed by atoms with van der Waals surface area (Å²) in [5, 5.41) is -0.00404. The van der Waals surface area contributed by atoms with E-state index in [9.17, 15) is 17.6 Å². The van der Waals surface area contributed by atoms with E-state index in [1.165, 1.54) is 0 Å². The normalized spacial score (nSPS) is 11.8. The second-order valence-electron chi connectivity index (χ2n) is 3.98. The first-order valence-electron chi connectivity index (χ1n) is 5.26. The summed E-state index contributed by atoms with van der Waals surface area (Å²) >= 11 is 11.6. The van der Waals surface area contributed by atoms with Gasteiger partial charge in [0.05, 0.1) is 5.56 Å². The molecule has 20 heavy (non-hydrogen) atoms. The molecule has 0 spiro atoms. The molecule has 0 atom stereocenters. The molecule has 0 N–H and O–H groups in total. The monoisotopic (exact) mass is 324 g/mol. The standard InChI is InChI=1S/C12H6Cl2F4N2/c1-5-9(13)19-11(20-10(5)14)6-2-7(12(16,17)18)4-8(15)3-6/h2-4H,1H3. The van der Waals surface area contributed by atoms with Crippen LogP contribution in [-0.4, -0.2) is 9.97 Å². The van der Waals surface area contributed by atoms with Gasteiger partial charge in [0.2, 0.25) is 0 Å². The predicted octanol–water partition coefficient (Wildman–Crippen LogP) is 4.92. The zero-order valence-electron chi connectivity index (χ0n) is 9.89. The molecule has 0 saturated heterocycles. The Balaban J connectivity index is 2.61. The third-order valence-corrected chi connectivity index (χ3v) is 3.25. The molecule has 1 aromatic carbocycles. The fourth-order valence-electron chi connectivity index (χ4n) is 1.48. The van der Waals surface area contributed by atoms with Gasteiger partial charge in [0.15, 0.2) is 5.82 Å². The van der Waals surface area contributed by atoms with E-state index in [-0.39, 0.29) is 21.7 Å². The molecule has 0 fully saturated rings. The first kappa shape index (κ1) is 15.0. The summed E-state index contributed by atoms with van der Waals surface area (Å²) in [4.78, 5) is 7.61. The Kier molecular flexibility index (Phi) is 3.88. The first-order chi connectivity index (χ1) is 9.18. The molecule has 0 amide bonds. The Hall–Kier alpha value is -1.40. The van der Waals surface area contributed by atoms with Gasteiger partial charge in [-0.3, -0.25) is 0 Å². The van der Waals surface area contributed by atoms with Crippen LogP contribution >= 0.6 is 23.2 Å². The van der Waals surface area contributed by atoms with Gasteiger partial charge in [-0.25, -0.2) is 14.4 Å². The summed E-state index contributed by atoms with van der Waals surface area (Å²) in [7, 11) is 0. The van der Waals surface area contributed by atoms with Crippen molar-refractivity contribution < 1.29 is 17.6 Å². The fraction of sp³-hybridized carbons (Fsp3) is 0.167. The van der Waals surface area contributed by atoms with Gasteiger partial charge in [-0.1, -0.05) is 23.2 Å². The Morgan fingerprint density at radius 1 is 1.00 bits per heavy atom. The van der Waals surface area contributed by atoms with Crippen LogP contribution < -0.4 is 0 Å². The summed E-state index contributed by atoms with van der Waals surface area (Å²) in [5.41, 5.74) is -0.894. The van der Waals surface area contributed by atoms with Crippen LogP contribution in [0.5, 0.6) is 0 Å². The van der Waals surface area contributed by atoms with E-state index in [0.717, 1.165) is 12.1 Å². The van der Waals surface area contributed by atoms with Crippen LogP contribution in [0.15, 0.2) is 18.2 Å². The predicted molar refractivity (Wildman–Crippen MR) is 67.2 cm³/mol. The second-order valence-corrected chi connectivity index (χ2v) is 4.70. The van der Waals surface area contributed by atoms with Crippen molar-refractivity contribution in [2.45, 2.75) is 13.1 Å². The van der Waals surface area contributed by atoms with Crippen molar-refractivity contribution in [3.8, 4) is 11.4 Å². The topological polar surface area (TPSA) is 25.8 Å². The maximum Gasteiger partial charge on any atom is 0.416 e. The quantitative estimate of drug-likeness (QED) is 0.549. The molecule has 2 nitrogen and oxygen atoms in total. The van der Waals surface area contributed by atoms with Gasteiger partial charge in [0.1, 0.15) is 16.1 Å². The van der Waals surface area contributed by atoms with E-state index in [4.69, 9.17) is 23.2 Å². The maximum atomic E-state index is 13.3. The van der Waals surface area contributed by atoms with Gasteiger partial charge in [0.25, 0.3) is 0 Å². The van der Waals surface area contributed by atoms with Crippen molar-refractivity contribution in [3.63, 3.8) is 0 Å². The van der Waals surface area contributed by atoms with Crippen molar-refractivity contribution in [1.82, 2.24) is 9.97 Å². The highest BCUT2D eigenvalue weighted by Gasteiger charge is 2.31. The third-order valence-electron chi connectivity index (χ3n) is 2.51. The van der Waals surface area contributed by atoms with Gasteiger partial charge in [0, 0.05) is 11.1 Å². The van der Waals surface area contributed by atoms with Crippen LogP contribution in [0.25, 0.3) is 11.4 Å². The molecular formula is C12H6Cl2F4N2. The zero-order valence-corrected chi connectivity index (χ0v) is 11.4. The number of aromatic nitrogens is 2. The molecule has 0 radical (unpaired) electrons. The van der Waals surface area contributed by atoms with E-state index in [2.05, 4.69) is 9.97 Å². The minimum absolute atomic E-state index is 0.00202. The van der Waals surface area contributed by atoms with Gasteiger partial charge in [-0.2, -0.15) is 13.2 Å². The summed E-state index contributed by atoms with van der Waals surface area (Å²) in [6.45, 7) is 1.56. The molecule has 8 heteroatoms. The third kappa shape index (κ3) is 3.02. The molecule has 0 saturated carbocycles. The number of benzene rings is 1. The highest BCUT2D eigenvalue weighted by molar-refractivity contribution is 6.34. The minimum Gasteiger partial charge on any atom is -0.216 e. The number of hydrogen-bond donors (Lipinski definition) is 0. The summed E-state index contributed by atoms with van der Waals surface area (Å²) in [5.74, 6) is -1.22. The summed E-state index contributed by atoms with van der Waals surface area (Å²) in [6.07, 6.45) is -4.67. The Morgan fingerprint density at radius 2 is 1.55 bits per heavy atom. The average molecular weight is 325 g/mol. The summed E-state index contributed by atoms with van der Waals surface area (Å²) < 4.78 is 51.2. The number of alkyl halides is 3. The highest BCUT2D eigenvalue weighted by Crippen LogP contribution is 2.33. The van der Waals surface area contributed by atoms with Crippen LogP contribution in [0.4, 0.5) is 17.6 Å². The van der Waals surface area contributed by atoms with Crippen LogP contribution in [0.3, 0.4) is 0 Å². The Morgan fingerprint density at radius 3 is 2.05 bits per heavy atom. The smallest absolute Gasteiger partial charge is 0.216 e. The number of nitrogens with zero attached hydrogens (tertiary/aromatic N) is 2. The largest absolute Gasteiger partial charge is 0.416 e. The molecule has 0 aliphatic heterocycles. The molecular weight excluding hydrogens is 319 g/mol. The fourth-order valence-corrected chi connectivity index (χ4v) is 1.86. The first-order valence-corrected chi connectivity index (χ1v) is 6.02. The van der Waals surface area contributed by atoms with Gasteiger partial charge in [-0.05, 0) is 25.1 Å². The molecule has 2 rings (SSSR count). The number of rotatable bonds is 1. The number of halogens is 6. The molecule has 106 valence electrons. The van der Waals surface area contributed by atoms with E-state index in [1.54, 1.807) is 6.92 Å². The van der Waals surface area contributed by atoms with Crippen molar-refractivity contribution in [3.05, 3.63) is 45.4 Å². The zero-order chi connectivity index (χ0) is 15.1. The molecule has 0 aliphatic rings. The maximum absolute atomic E-state index is 13.3. The highest BCUT2D eigenvalue weighted by atomic mass is 35.5. The molecule has 2 aromatic rings. The Labute approximate surface area is 121 Å². The van der Waals surface area contributed by atoms with Crippen LogP contribution in [-0.2, 0) is 6.18 Å².